The molecule has 0 saturated carbocycles. The van der Waals surface area contributed by atoms with Gasteiger partial charge in [-0.25, -0.2) is 8.42 Å². The number of carbonyl (C=O) groups is 1. The average Bonchev–Trinajstić information content (AvgIpc) is 2.90. The van der Waals surface area contributed by atoms with Crippen LogP contribution >= 0.6 is 0 Å². The quantitative estimate of drug-likeness (QED) is 0.860. The van der Waals surface area contributed by atoms with E-state index in [4.69, 9.17) is 0 Å². The highest BCUT2D eigenvalue weighted by atomic mass is 32.2. The number of hydrogen-bond donors (Lipinski definition) is 1. The van der Waals surface area contributed by atoms with Gasteiger partial charge in [0, 0.05) is 31.8 Å². The predicted molar refractivity (Wildman–Crippen MR) is 78.2 cm³/mol. The number of aryl methyl sites for hydroxylation is 1. The van der Waals surface area contributed by atoms with Gasteiger partial charge in [0.25, 0.3) is 0 Å². The Kier molecular flexibility index (Phi) is 4.74. The van der Waals surface area contributed by atoms with Gasteiger partial charge < -0.3 is 5.32 Å². The van der Waals surface area contributed by atoms with Crippen molar-refractivity contribution in [2.24, 2.45) is 7.05 Å². The molecular weight excluding hydrogens is 290 g/mol. The van der Waals surface area contributed by atoms with Crippen molar-refractivity contribution in [2.75, 3.05) is 5.75 Å². The molecule has 6 nitrogen and oxygen atoms in total. The van der Waals surface area contributed by atoms with Crippen molar-refractivity contribution in [3.8, 4) is 0 Å². The van der Waals surface area contributed by atoms with E-state index in [0.717, 1.165) is 5.56 Å². The summed E-state index contributed by atoms with van der Waals surface area (Å²) in [5, 5.41) is 6.67. The van der Waals surface area contributed by atoms with Crippen LogP contribution in [0.5, 0.6) is 0 Å². The van der Waals surface area contributed by atoms with Crippen molar-refractivity contribution in [3.63, 3.8) is 0 Å². The molecule has 7 heteroatoms. The lowest BCUT2D eigenvalue weighted by molar-refractivity contribution is -0.120. The van der Waals surface area contributed by atoms with Crippen LogP contribution < -0.4 is 5.32 Å². The summed E-state index contributed by atoms with van der Waals surface area (Å²) in [5.74, 6) is -0.492. The molecule has 0 unspecified atom stereocenters. The number of aromatic nitrogens is 2. The molecule has 1 aromatic heterocycles. The fourth-order valence-corrected chi connectivity index (χ4v) is 3.09. The second-order valence-electron chi connectivity index (χ2n) is 4.68. The molecule has 0 spiro atoms. The Labute approximate surface area is 123 Å². The lowest BCUT2D eigenvalue weighted by Gasteiger charge is -2.05. The smallest absolute Gasteiger partial charge is 0.221 e. The van der Waals surface area contributed by atoms with Crippen LogP contribution in [0.1, 0.15) is 12.0 Å². The van der Waals surface area contributed by atoms with Crippen LogP contribution in [0.4, 0.5) is 0 Å². The minimum Gasteiger partial charge on any atom is -0.352 e. The third-order valence-electron chi connectivity index (χ3n) is 2.95. The molecule has 2 rings (SSSR count). The van der Waals surface area contributed by atoms with E-state index in [2.05, 4.69) is 10.4 Å². The summed E-state index contributed by atoms with van der Waals surface area (Å²) in [7, 11) is -1.62. The second kappa shape index (κ2) is 6.53. The molecule has 0 fully saturated rings. The van der Waals surface area contributed by atoms with Crippen LogP contribution in [0.2, 0.25) is 0 Å². The Morgan fingerprint density at radius 1 is 1.29 bits per heavy atom. The summed E-state index contributed by atoms with van der Waals surface area (Å²) >= 11 is 0. The molecule has 112 valence electrons. The van der Waals surface area contributed by atoms with Crippen LogP contribution in [0.3, 0.4) is 0 Å². The first kappa shape index (κ1) is 15.2. The highest BCUT2D eigenvalue weighted by Gasteiger charge is 2.15. The van der Waals surface area contributed by atoms with Crippen LogP contribution in [-0.4, -0.2) is 29.9 Å². The van der Waals surface area contributed by atoms with Gasteiger partial charge in [-0.2, -0.15) is 5.10 Å². The van der Waals surface area contributed by atoms with E-state index < -0.39 is 9.84 Å². The standard InChI is InChI=1S/C14H17N3O3S/c1-17-11-12(10-16-17)9-15-14(18)7-8-21(19,20)13-5-3-2-4-6-13/h2-6,10-11H,7-9H2,1H3,(H,15,18). The highest BCUT2D eigenvalue weighted by molar-refractivity contribution is 7.91. The third kappa shape index (κ3) is 4.42. The van der Waals surface area contributed by atoms with E-state index in [1.54, 1.807) is 42.3 Å². The van der Waals surface area contributed by atoms with Gasteiger partial charge >= 0.3 is 0 Å². The molecule has 1 aromatic carbocycles. The van der Waals surface area contributed by atoms with E-state index in [1.807, 2.05) is 0 Å². The van der Waals surface area contributed by atoms with Gasteiger partial charge in [-0.1, -0.05) is 18.2 Å². The molecular formula is C14H17N3O3S. The van der Waals surface area contributed by atoms with E-state index in [0.29, 0.717) is 6.54 Å². The van der Waals surface area contributed by atoms with Gasteiger partial charge in [0.15, 0.2) is 9.84 Å². The maximum atomic E-state index is 12.0. The topological polar surface area (TPSA) is 81.1 Å². The summed E-state index contributed by atoms with van der Waals surface area (Å²) in [6.07, 6.45) is 3.39. The normalized spacial score (nSPS) is 11.3. The minimum atomic E-state index is -3.41. The minimum absolute atomic E-state index is 0.0580. The summed E-state index contributed by atoms with van der Waals surface area (Å²) < 4.78 is 25.7. The highest BCUT2D eigenvalue weighted by Crippen LogP contribution is 2.11. The second-order valence-corrected chi connectivity index (χ2v) is 6.79. The van der Waals surface area contributed by atoms with E-state index in [1.165, 1.54) is 12.1 Å². The summed E-state index contributed by atoms with van der Waals surface area (Å²) in [5.41, 5.74) is 0.872. The van der Waals surface area contributed by atoms with Crippen LogP contribution in [0, 0.1) is 0 Å². The third-order valence-corrected chi connectivity index (χ3v) is 4.68. The molecule has 0 atom stereocenters. The first-order chi connectivity index (χ1) is 9.97. The Bertz CT molecular complexity index is 708. The van der Waals surface area contributed by atoms with Crippen molar-refractivity contribution >= 4 is 15.7 Å². The van der Waals surface area contributed by atoms with E-state index >= 15 is 0 Å². The predicted octanol–water partition coefficient (Wildman–Crippen LogP) is 0.900. The first-order valence-corrected chi connectivity index (χ1v) is 8.14. The first-order valence-electron chi connectivity index (χ1n) is 6.49. The number of carbonyl (C=O) groups excluding carboxylic acids is 1. The molecule has 1 heterocycles. The van der Waals surface area contributed by atoms with Crippen molar-refractivity contribution in [1.29, 1.82) is 0 Å². The molecule has 0 radical (unpaired) electrons. The Hall–Kier alpha value is -2.15. The van der Waals surface area contributed by atoms with Gasteiger partial charge in [-0.15, -0.1) is 0 Å². The van der Waals surface area contributed by atoms with Crippen LogP contribution in [0.25, 0.3) is 0 Å². The summed E-state index contributed by atoms with van der Waals surface area (Å²) in [6, 6.07) is 8.14. The molecule has 0 saturated heterocycles. The largest absolute Gasteiger partial charge is 0.352 e. The molecule has 0 aliphatic carbocycles. The molecule has 1 N–H and O–H groups in total. The molecule has 0 aliphatic rings. The molecule has 0 aliphatic heterocycles. The van der Waals surface area contributed by atoms with E-state index in [-0.39, 0.29) is 23.0 Å². The van der Waals surface area contributed by atoms with Gasteiger partial charge in [-0.05, 0) is 12.1 Å². The Morgan fingerprint density at radius 2 is 2.00 bits per heavy atom. The number of nitrogens with one attached hydrogen (secondary N) is 1. The Balaban J connectivity index is 1.84. The van der Waals surface area contributed by atoms with Gasteiger partial charge in [0.2, 0.25) is 5.91 Å². The van der Waals surface area contributed by atoms with Crippen molar-refractivity contribution in [3.05, 3.63) is 48.3 Å². The van der Waals surface area contributed by atoms with Crippen molar-refractivity contribution in [1.82, 2.24) is 15.1 Å². The molecule has 1 amide bonds. The lowest BCUT2D eigenvalue weighted by Crippen LogP contribution is -2.25. The van der Waals surface area contributed by atoms with Crippen LogP contribution in [0.15, 0.2) is 47.6 Å². The maximum absolute atomic E-state index is 12.0. The fraction of sp³-hybridized carbons (Fsp3) is 0.286. The van der Waals surface area contributed by atoms with Gasteiger partial charge in [0.1, 0.15) is 0 Å². The summed E-state index contributed by atoms with van der Waals surface area (Å²) in [6.45, 7) is 0.345. The summed E-state index contributed by atoms with van der Waals surface area (Å²) in [4.78, 5) is 11.9. The SMILES string of the molecule is Cn1cc(CNC(=O)CCS(=O)(=O)c2ccccc2)cn1. The zero-order chi connectivity index (χ0) is 15.3. The zero-order valence-electron chi connectivity index (χ0n) is 11.7. The monoisotopic (exact) mass is 307 g/mol. The number of sulfone groups is 1. The molecule has 2 aromatic rings. The van der Waals surface area contributed by atoms with Gasteiger partial charge in [-0.3, -0.25) is 9.48 Å². The number of amides is 1. The number of nitrogens with zero attached hydrogens (tertiary/aromatic N) is 2. The number of rotatable bonds is 6. The van der Waals surface area contributed by atoms with Crippen molar-refractivity contribution in [2.45, 2.75) is 17.9 Å². The Morgan fingerprint density at radius 3 is 2.62 bits per heavy atom. The van der Waals surface area contributed by atoms with Crippen molar-refractivity contribution < 1.29 is 13.2 Å². The zero-order valence-corrected chi connectivity index (χ0v) is 12.5. The fourth-order valence-electron chi connectivity index (χ4n) is 1.82. The lowest BCUT2D eigenvalue weighted by atomic mass is 10.3. The molecule has 0 bridgehead atoms. The van der Waals surface area contributed by atoms with Gasteiger partial charge in [0.05, 0.1) is 16.8 Å². The average molecular weight is 307 g/mol. The number of hydrogen-bond acceptors (Lipinski definition) is 4. The van der Waals surface area contributed by atoms with Crippen LogP contribution in [-0.2, 0) is 28.2 Å². The maximum Gasteiger partial charge on any atom is 0.221 e. The van der Waals surface area contributed by atoms with E-state index in [9.17, 15) is 13.2 Å². The number of benzene rings is 1. The molecule has 21 heavy (non-hydrogen) atoms.